The average molecular weight is 240 g/mol. The SMILES string of the molecule is Cc1cncc(C(N)CCc2ccccc2C)c1. The average Bonchev–Trinajstić information content (AvgIpc) is 2.37. The number of pyridine rings is 1. The van der Waals surface area contributed by atoms with Gasteiger partial charge in [-0.1, -0.05) is 30.3 Å². The van der Waals surface area contributed by atoms with Gasteiger partial charge in [-0.3, -0.25) is 4.98 Å². The maximum Gasteiger partial charge on any atom is 0.0315 e. The summed E-state index contributed by atoms with van der Waals surface area (Å²) in [5.74, 6) is 0. The fourth-order valence-corrected chi connectivity index (χ4v) is 2.15. The van der Waals surface area contributed by atoms with Crippen molar-refractivity contribution in [3.05, 3.63) is 65.0 Å². The molecule has 1 aromatic carbocycles. The minimum atomic E-state index is 0.0667. The number of nitrogens with zero attached hydrogens (tertiary/aromatic N) is 1. The van der Waals surface area contributed by atoms with Gasteiger partial charge in [-0.15, -0.1) is 0 Å². The van der Waals surface area contributed by atoms with Gasteiger partial charge >= 0.3 is 0 Å². The number of rotatable bonds is 4. The quantitative estimate of drug-likeness (QED) is 0.890. The summed E-state index contributed by atoms with van der Waals surface area (Å²) >= 11 is 0. The Hall–Kier alpha value is -1.67. The van der Waals surface area contributed by atoms with Gasteiger partial charge in [0.15, 0.2) is 0 Å². The molecule has 0 fully saturated rings. The van der Waals surface area contributed by atoms with Crippen molar-refractivity contribution in [3.63, 3.8) is 0 Å². The number of aryl methyl sites for hydroxylation is 3. The van der Waals surface area contributed by atoms with Crippen LogP contribution in [0.4, 0.5) is 0 Å². The Morgan fingerprint density at radius 1 is 1.17 bits per heavy atom. The summed E-state index contributed by atoms with van der Waals surface area (Å²) < 4.78 is 0. The Bertz CT molecular complexity index is 520. The number of hydrogen-bond donors (Lipinski definition) is 1. The molecule has 0 aliphatic heterocycles. The van der Waals surface area contributed by atoms with Crippen LogP contribution in [0.3, 0.4) is 0 Å². The lowest BCUT2D eigenvalue weighted by molar-refractivity contribution is 0.647. The highest BCUT2D eigenvalue weighted by Gasteiger charge is 2.07. The molecule has 2 aromatic rings. The molecule has 1 aromatic heterocycles. The Balaban J connectivity index is 2.00. The fraction of sp³-hybridized carbons (Fsp3) is 0.312. The van der Waals surface area contributed by atoms with Crippen LogP contribution in [0.1, 0.15) is 34.7 Å². The molecule has 0 saturated heterocycles. The van der Waals surface area contributed by atoms with E-state index in [1.807, 2.05) is 19.3 Å². The first kappa shape index (κ1) is 12.8. The van der Waals surface area contributed by atoms with E-state index in [1.54, 1.807) is 0 Å². The molecular formula is C16H20N2. The molecular weight excluding hydrogens is 220 g/mol. The Kier molecular flexibility index (Phi) is 4.11. The summed E-state index contributed by atoms with van der Waals surface area (Å²) in [4.78, 5) is 4.20. The first-order valence-corrected chi connectivity index (χ1v) is 6.38. The molecule has 2 N–H and O–H groups in total. The van der Waals surface area contributed by atoms with Crippen LogP contribution in [0, 0.1) is 13.8 Å². The highest BCUT2D eigenvalue weighted by atomic mass is 14.7. The van der Waals surface area contributed by atoms with E-state index >= 15 is 0 Å². The normalized spacial score (nSPS) is 12.4. The van der Waals surface area contributed by atoms with Gasteiger partial charge in [0.1, 0.15) is 0 Å². The van der Waals surface area contributed by atoms with Crippen molar-refractivity contribution in [2.24, 2.45) is 5.73 Å². The molecule has 2 rings (SSSR count). The van der Waals surface area contributed by atoms with Crippen molar-refractivity contribution in [1.82, 2.24) is 4.98 Å². The molecule has 1 unspecified atom stereocenters. The van der Waals surface area contributed by atoms with E-state index in [-0.39, 0.29) is 6.04 Å². The third-order valence-corrected chi connectivity index (χ3v) is 3.31. The van der Waals surface area contributed by atoms with Crippen LogP contribution in [-0.2, 0) is 6.42 Å². The summed E-state index contributed by atoms with van der Waals surface area (Å²) in [6.45, 7) is 4.19. The third kappa shape index (κ3) is 3.17. The van der Waals surface area contributed by atoms with Crippen LogP contribution >= 0.6 is 0 Å². The van der Waals surface area contributed by atoms with E-state index in [0.29, 0.717) is 0 Å². The van der Waals surface area contributed by atoms with E-state index in [0.717, 1.165) is 18.4 Å². The van der Waals surface area contributed by atoms with Crippen LogP contribution in [0.25, 0.3) is 0 Å². The molecule has 0 radical (unpaired) electrons. The van der Waals surface area contributed by atoms with Gasteiger partial charge in [-0.25, -0.2) is 0 Å². The van der Waals surface area contributed by atoms with Crippen LogP contribution in [0.5, 0.6) is 0 Å². The van der Waals surface area contributed by atoms with Gasteiger partial charge in [0.2, 0.25) is 0 Å². The minimum absolute atomic E-state index is 0.0667. The lowest BCUT2D eigenvalue weighted by Gasteiger charge is -2.13. The van der Waals surface area contributed by atoms with Crippen molar-refractivity contribution in [3.8, 4) is 0 Å². The predicted molar refractivity (Wildman–Crippen MR) is 75.4 cm³/mol. The zero-order chi connectivity index (χ0) is 13.0. The number of benzene rings is 1. The van der Waals surface area contributed by atoms with Crippen LogP contribution in [0.2, 0.25) is 0 Å². The van der Waals surface area contributed by atoms with Gasteiger partial charge in [-0.2, -0.15) is 0 Å². The molecule has 0 amide bonds. The van der Waals surface area contributed by atoms with Crippen molar-refractivity contribution < 1.29 is 0 Å². The van der Waals surface area contributed by atoms with E-state index < -0.39 is 0 Å². The molecule has 0 aliphatic rings. The first-order chi connectivity index (χ1) is 8.66. The van der Waals surface area contributed by atoms with Gasteiger partial charge in [-0.05, 0) is 48.9 Å². The maximum absolute atomic E-state index is 6.22. The zero-order valence-corrected chi connectivity index (χ0v) is 11.1. The standard InChI is InChI=1S/C16H20N2/c1-12-9-15(11-18-10-12)16(17)8-7-14-6-4-3-5-13(14)2/h3-6,9-11,16H,7-8,17H2,1-2H3. The molecule has 1 atom stereocenters. The van der Waals surface area contributed by atoms with Crippen LogP contribution in [-0.4, -0.2) is 4.98 Å². The fourth-order valence-electron chi connectivity index (χ4n) is 2.15. The number of aromatic nitrogens is 1. The Morgan fingerprint density at radius 2 is 1.94 bits per heavy atom. The molecule has 2 nitrogen and oxygen atoms in total. The largest absolute Gasteiger partial charge is 0.324 e. The Morgan fingerprint density at radius 3 is 2.67 bits per heavy atom. The number of nitrogens with two attached hydrogens (primary N) is 1. The first-order valence-electron chi connectivity index (χ1n) is 6.38. The van der Waals surface area contributed by atoms with Gasteiger partial charge < -0.3 is 5.73 Å². The van der Waals surface area contributed by atoms with Crippen molar-refractivity contribution >= 4 is 0 Å². The molecule has 2 heteroatoms. The molecule has 0 saturated carbocycles. The lowest BCUT2D eigenvalue weighted by Crippen LogP contribution is -2.12. The van der Waals surface area contributed by atoms with Crippen molar-refractivity contribution in [2.75, 3.05) is 0 Å². The molecule has 0 bridgehead atoms. The van der Waals surface area contributed by atoms with Crippen molar-refractivity contribution in [1.29, 1.82) is 0 Å². The van der Waals surface area contributed by atoms with E-state index in [1.165, 1.54) is 16.7 Å². The monoisotopic (exact) mass is 240 g/mol. The van der Waals surface area contributed by atoms with Crippen LogP contribution in [0.15, 0.2) is 42.7 Å². The van der Waals surface area contributed by atoms with Crippen LogP contribution < -0.4 is 5.73 Å². The molecule has 0 aliphatic carbocycles. The second-order valence-corrected chi connectivity index (χ2v) is 4.87. The molecule has 18 heavy (non-hydrogen) atoms. The highest BCUT2D eigenvalue weighted by Crippen LogP contribution is 2.18. The second kappa shape index (κ2) is 5.78. The highest BCUT2D eigenvalue weighted by molar-refractivity contribution is 5.26. The molecule has 0 spiro atoms. The summed E-state index contributed by atoms with van der Waals surface area (Å²) in [6.07, 6.45) is 5.70. The maximum atomic E-state index is 6.22. The molecule has 1 heterocycles. The third-order valence-electron chi connectivity index (χ3n) is 3.31. The van der Waals surface area contributed by atoms with E-state index in [4.69, 9.17) is 5.73 Å². The lowest BCUT2D eigenvalue weighted by atomic mass is 9.98. The summed E-state index contributed by atoms with van der Waals surface area (Å²) in [5.41, 5.74) is 11.2. The van der Waals surface area contributed by atoms with Crippen molar-refractivity contribution in [2.45, 2.75) is 32.7 Å². The van der Waals surface area contributed by atoms with Gasteiger partial charge in [0.25, 0.3) is 0 Å². The summed E-state index contributed by atoms with van der Waals surface area (Å²) in [6, 6.07) is 10.7. The molecule has 94 valence electrons. The Labute approximate surface area is 109 Å². The summed E-state index contributed by atoms with van der Waals surface area (Å²) in [5, 5.41) is 0. The predicted octanol–water partition coefficient (Wildman–Crippen LogP) is 3.33. The van der Waals surface area contributed by atoms with Gasteiger partial charge in [0, 0.05) is 18.4 Å². The van der Waals surface area contributed by atoms with Gasteiger partial charge in [0.05, 0.1) is 0 Å². The van der Waals surface area contributed by atoms with E-state index in [9.17, 15) is 0 Å². The van der Waals surface area contributed by atoms with E-state index in [2.05, 4.69) is 42.2 Å². The summed E-state index contributed by atoms with van der Waals surface area (Å²) in [7, 11) is 0. The topological polar surface area (TPSA) is 38.9 Å². The zero-order valence-electron chi connectivity index (χ0n) is 11.1. The minimum Gasteiger partial charge on any atom is -0.324 e. The smallest absolute Gasteiger partial charge is 0.0315 e. The number of hydrogen-bond acceptors (Lipinski definition) is 2. The second-order valence-electron chi connectivity index (χ2n) is 4.87.